The number of anilines is 1. The lowest BCUT2D eigenvalue weighted by molar-refractivity contribution is -0.115. The molecule has 1 amide bonds. The molecule has 3 rings (SSSR count). The Balaban J connectivity index is 1.67. The summed E-state index contributed by atoms with van der Waals surface area (Å²) in [6.45, 7) is 8.05. The molecule has 0 unspecified atom stereocenters. The van der Waals surface area contributed by atoms with E-state index in [-0.39, 0.29) is 11.2 Å². The van der Waals surface area contributed by atoms with Gasteiger partial charge in [0.05, 0.1) is 5.25 Å². The van der Waals surface area contributed by atoms with Gasteiger partial charge in [0.1, 0.15) is 0 Å². The van der Waals surface area contributed by atoms with Crippen molar-refractivity contribution < 1.29 is 9.21 Å². The molecule has 0 aliphatic rings. The van der Waals surface area contributed by atoms with Crippen molar-refractivity contribution in [3.8, 4) is 11.5 Å². The highest BCUT2D eigenvalue weighted by Crippen LogP contribution is 2.28. The number of amides is 1. The first-order valence-corrected chi connectivity index (χ1v) is 9.79. The molecule has 0 radical (unpaired) electrons. The lowest BCUT2D eigenvalue weighted by Gasteiger charge is -2.15. The van der Waals surface area contributed by atoms with Crippen molar-refractivity contribution in [2.24, 2.45) is 0 Å². The Morgan fingerprint density at radius 2 is 1.85 bits per heavy atom. The predicted molar refractivity (Wildman–Crippen MR) is 109 cm³/mol. The molecule has 1 atom stereocenters. The maximum Gasteiger partial charge on any atom is 0.277 e. The summed E-state index contributed by atoms with van der Waals surface area (Å²) < 4.78 is 5.72. The van der Waals surface area contributed by atoms with Crippen LogP contribution >= 0.6 is 11.8 Å². The Bertz CT molecular complexity index is 936. The van der Waals surface area contributed by atoms with E-state index in [1.165, 1.54) is 11.8 Å². The molecule has 0 fully saturated rings. The smallest absolute Gasteiger partial charge is 0.277 e. The topological polar surface area (TPSA) is 68.0 Å². The molecule has 0 aliphatic heterocycles. The second-order valence-electron chi connectivity index (χ2n) is 6.73. The number of rotatable bonds is 6. The van der Waals surface area contributed by atoms with E-state index < -0.39 is 0 Å². The third kappa shape index (κ3) is 4.77. The second kappa shape index (κ2) is 8.39. The lowest BCUT2D eigenvalue weighted by atomic mass is 10.0. The molecule has 0 aliphatic carbocycles. The predicted octanol–water partition coefficient (Wildman–Crippen LogP) is 5.29. The molecule has 0 spiro atoms. The highest BCUT2D eigenvalue weighted by atomic mass is 32.2. The Morgan fingerprint density at radius 3 is 2.59 bits per heavy atom. The number of hydrogen-bond acceptors (Lipinski definition) is 5. The zero-order valence-electron chi connectivity index (χ0n) is 15.9. The van der Waals surface area contributed by atoms with E-state index in [9.17, 15) is 4.79 Å². The van der Waals surface area contributed by atoms with Crippen LogP contribution in [0.25, 0.3) is 11.5 Å². The summed E-state index contributed by atoms with van der Waals surface area (Å²) in [7, 11) is 0. The quantitative estimate of drug-likeness (QED) is 0.588. The maximum absolute atomic E-state index is 12.6. The van der Waals surface area contributed by atoms with E-state index in [0.717, 1.165) is 22.4 Å². The number of carbonyl (C=O) groups excluding carboxylic acids is 1. The zero-order chi connectivity index (χ0) is 19.4. The standard InChI is InChI=1S/C21H23N3O2S/c1-13(2)17-10-5-6-11-18(17)22-19(25)15(4)27-21-24-23-20(26-21)16-9-7-8-14(3)12-16/h5-13,15H,1-4H3,(H,22,25)/t15-/m1/s1. The molecule has 6 heteroatoms. The van der Waals surface area contributed by atoms with Gasteiger partial charge >= 0.3 is 0 Å². The first kappa shape index (κ1) is 19.2. The van der Waals surface area contributed by atoms with Crippen LogP contribution in [0.5, 0.6) is 0 Å². The van der Waals surface area contributed by atoms with Crippen molar-refractivity contribution in [1.29, 1.82) is 0 Å². The number of aryl methyl sites for hydroxylation is 1. The van der Waals surface area contributed by atoms with Gasteiger partial charge in [0.2, 0.25) is 11.8 Å². The minimum absolute atomic E-state index is 0.0941. The van der Waals surface area contributed by atoms with Crippen LogP contribution in [0.3, 0.4) is 0 Å². The number of hydrogen-bond donors (Lipinski definition) is 1. The van der Waals surface area contributed by atoms with Crippen molar-refractivity contribution >= 4 is 23.4 Å². The molecule has 1 N–H and O–H groups in total. The number of aromatic nitrogens is 2. The molecule has 0 saturated carbocycles. The van der Waals surface area contributed by atoms with Gasteiger partial charge in [0, 0.05) is 11.3 Å². The molecule has 1 heterocycles. The fourth-order valence-corrected chi connectivity index (χ4v) is 3.39. The van der Waals surface area contributed by atoms with Gasteiger partial charge in [-0.15, -0.1) is 10.2 Å². The molecule has 3 aromatic rings. The highest BCUT2D eigenvalue weighted by Gasteiger charge is 2.20. The summed E-state index contributed by atoms with van der Waals surface area (Å²) in [6.07, 6.45) is 0. The Labute approximate surface area is 163 Å². The van der Waals surface area contributed by atoms with Crippen LogP contribution < -0.4 is 5.32 Å². The van der Waals surface area contributed by atoms with Gasteiger partial charge in [0.15, 0.2) is 0 Å². The number of nitrogens with zero attached hydrogens (tertiary/aromatic N) is 2. The average molecular weight is 382 g/mol. The summed E-state index contributed by atoms with van der Waals surface area (Å²) in [5, 5.41) is 11.2. The van der Waals surface area contributed by atoms with E-state index in [1.807, 2.05) is 62.4 Å². The largest absolute Gasteiger partial charge is 0.411 e. The van der Waals surface area contributed by atoms with Crippen LogP contribution in [0.2, 0.25) is 0 Å². The molecule has 1 aromatic heterocycles. The number of carbonyl (C=O) groups is 1. The van der Waals surface area contributed by atoms with Crippen LogP contribution in [0, 0.1) is 6.92 Å². The number of nitrogens with one attached hydrogen (secondary N) is 1. The second-order valence-corrected chi connectivity index (χ2v) is 8.03. The fraction of sp³-hybridized carbons (Fsp3) is 0.286. The Morgan fingerprint density at radius 1 is 1.07 bits per heavy atom. The van der Waals surface area contributed by atoms with Gasteiger partial charge < -0.3 is 9.73 Å². The van der Waals surface area contributed by atoms with E-state index >= 15 is 0 Å². The van der Waals surface area contributed by atoms with Crippen LogP contribution in [0.1, 0.15) is 37.8 Å². The minimum atomic E-state index is -0.365. The van der Waals surface area contributed by atoms with E-state index in [4.69, 9.17) is 4.42 Å². The van der Waals surface area contributed by atoms with Crippen molar-refractivity contribution in [3.63, 3.8) is 0 Å². The van der Waals surface area contributed by atoms with Crippen LogP contribution in [0.4, 0.5) is 5.69 Å². The van der Waals surface area contributed by atoms with Crippen molar-refractivity contribution in [2.45, 2.75) is 44.1 Å². The van der Waals surface area contributed by atoms with Crippen molar-refractivity contribution in [1.82, 2.24) is 10.2 Å². The van der Waals surface area contributed by atoms with E-state index in [1.54, 1.807) is 0 Å². The monoisotopic (exact) mass is 381 g/mol. The summed E-state index contributed by atoms with van der Waals surface area (Å²) in [5.74, 6) is 0.694. The first-order chi connectivity index (χ1) is 12.9. The van der Waals surface area contributed by atoms with Gasteiger partial charge in [-0.05, 0) is 43.5 Å². The number of benzene rings is 2. The van der Waals surface area contributed by atoms with Crippen LogP contribution in [-0.4, -0.2) is 21.4 Å². The summed E-state index contributed by atoms with van der Waals surface area (Å²) in [6, 6.07) is 15.7. The third-order valence-electron chi connectivity index (χ3n) is 4.16. The normalized spacial score (nSPS) is 12.2. The van der Waals surface area contributed by atoms with Crippen molar-refractivity contribution in [3.05, 3.63) is 59.7 Å². The fourth-order valence-electron chi connectivity index (χ4n) is 2.71. The summed E-state index contributed by atoms with van der Waals surface area (Å²) in [4.78, 5) is 12.6. The molecule has 27 heavy (non-hydrogen) atoms. The van der Waals surface area contributed by atoms with Gasteiger partial charge in [-0.1, -0.05) is 61.5 Å². The number of thioether (sulfide) groups is 1. The van der Waals surface area contributed by atoms with E-state index in [2.05, 4.69) is 29.4 Å². The molecular weight excluding hydrogens is 358 g/mol. The molecule has 140 valence electrons. The maximum atomic E-state index is 12.6. The molecule has 5 nitrogen and oxygen atoms in total. The summed E-state index contributed by atoms with van der Waals surface area (Å²) in [5.41, 5.74) is 3.95. The minimum Gasteiger partial charge on any atom is -0.411 e. The molecule has 2 aromatic carbocycles. The van der Waals surface area contributed by atoms with Gasteiger partial charge in [0.25, 0.3) is 5.22 Å². The third-order valence-corrected chi connectivity index (χ3v) is 5.09. The molecule has 0 bridgehead atoms. The Kier molecular flexibility index (Phi) is 5.96. The van der Waals surface area contributed by atoms with Crippen molar-refractivity contribution in [2.75, 3.05) is 5.32 Å². The van der Waals surface area contributed by atoms with Crippen LogP contribution in [-0.2, 0) is 4.79 Å². The van der Waals surface area contributed by atoms with Gasteiger partial charge in [-0.2, -0.15) is 0 Å². The first-order valence-electron chi connectivity index (χ1n) is 8.91. The lowest BCUT2D eigenvalue weighted by Crippen LogP contribution is -2.23. The van der Waals surface area contributed by atoms with Gasteiger partial charge in [-0.3, -0.25) is 4.79 Å². The van der Waals surface area contributed by atoms with E-state index in [0.29, 0.717) is 17.0 Å². The average Bonchev–Trinajstić information content (AvgIpc) is 3.10. The SMILES string of the molecule is Cc1cccc(-c2nnc(S[C@H](C)C(=O)Nc3ccccc3C(C)C)o2)c1. The number of para-hydroxylation sites is 1. The van der Waals surface area contributed by atoms with Crippen LogP contribution in [0.15, 0.2) is 58.2 Å². The molecule has 0 saturated heterocycles. The Hall–Kier alpha value is -2.60. The highest BCUT2D eigenvalue weighted by molar-refractivity contribution is 8.00. The molecular formula is C21H23N3O2S. The zero-order valence-corrected chi connectivity index (χ0v) is 16.7. The summed E-state index contributed by atoms with van der Waals surface area (Å²) >= 11 is 1.25. The van der Waals surface area contributed by atoms with Gasteiger partial charge in [-0.25, -0.2) is 0 Å².